The van der Waals surface area contributed by atoms with Crippen LogP contribution in [0.2, 0.25) is 5.02 Å². The molecular formula is C19H23ClN4O6. The molecule has 0 spiro atoms. The molecule has 6 N–H and O–H groups in total. The average Bonchev–Trinajstić information content (AvgIpc) is 3.18. The van der Waals surface area contributed by atoms with Crippen molar-refractivity contribution in [2.24, 2.45) is 0 Å². The molecule has 0 radical (unpaired) electrons. The summed E-state index contributed by atoms with van der Waals surface area (Å²) in [5.74, 6) is -2.29. The summed E-state index contributed by atoms with van der Waals surface area (Å²) in [6.45, 7) is 1.85. The van der Waals surface area contributed by atoms with E-state index in [4.69, 9.17) is 22.4 Å². The highest BCUT2D eigenvalue weighted by Gasteiger charge is 2.36. The van der Waals surface area contributed by atoms with Crippen LogP contribution in [0.5, 0.6) is 0 Å². The summed E-state index contributed by atoms with van der Waals surface area (Å²) in [5.41, 5.74) is 5.85. The number of likely N-dealkylation sites (tertiary alicyclic amines) is 1. The number of carboxylic acid groups (broad SMARTS) is 1. The number of nitrogens with two attached hydrogens (primary N) is 1. The number of aliphatic hydroxyl groups is 1. The molecule has 0 bridgehead atoms. The topological polar surface area (TPSA) is 162 Å². The van der Waals surface area contributed by atoms with Gasteiger partial charge in [-0.2, -0.15) is 0 Å². The van der Waals surface area contributed by atoms with Crippen molar-refractivity contribution in [2.45, 2.75) is 38.1 Å². The highest BCUT2D eigenvalue weighted by Crippen LogP contribution is 2.22. The fraction of sp³-hybridized carbons (Fsp3) is 0.368. The number of hydrogen-bond donors (Lipinski definition) is 5. The van der Waals surface area contributed by atoms with Gasteiger partial charge in [0.05, 0.1) is 22.4 Å². The molecule has 162 valence electrons. The van der Waals surface area contributed by atoms with Crippen molar-refractivity contribution < 1.29 is 29.4 Å². The minimum Gasteiger partial charge on any atom is -0.478 e. The first kappa shape index (κ1) is 23.2. The second kappa shape index (κ2) is 10.1. The first-order valence-electron chi connectivity index (χ1n) is 9.14. The van der Waals surface area contributed by atoms with E-state index in [2.05, 4.69) is 10.6 Å². The minimum absolute atomic E-state index is 0.234. The number of nitrogens with one attached hydrogen (secondary N) is 2. The van der Waals surface area contributed by atoms with E-state index in [0.29, 0.717) is 30.5 Å². The van der Waals surface area contributed by atoms with Gasteiger partial charge in [0.15, 0.2) is 6.29 Å². The van der Waals surface area contributed by atoms with Crippen LogP contribution in [0, 0.1) is 0 Å². The number of hydrogen-bond acceptors (Lipinski definition) is 7. The Morgan fingerprint density at radius 2 is 2.03 bits per heavy atom. The molecule has 1 fully saturated rings. The Morgan fingerprint density at radius 3 is 2.63 bits per heavy atom. The second-order valence-electron chi connectivity index (χ2n) is 6.82. The van der Waals surface area contributed by atoms with E-state index in [-0.39, 0.29) is 23.2 Å². The van der Waals surface area contributed by atoms with Gasteiger partial charge in [-0.15, -0.1) is 0 Å². The highest BCUT2D eigenvalue weighted by molar-refractivity contribution is 6.33. The van der Waals surface area contributed by atoms with Gasteiger partial charge in [0.1, 0.15) is 12.3 Å². The Labute approximate surface area is 177 Å². The van der Waals surface area contributed by atoms with Gasteiger partial charge in [0, 0.05) is 18.2 Å². The van der Waals surface area contributed by atoms with E-state index < -0.39 is 36.1 Å². The summed E-state index contributed by atoms with van der Waals surface area (Å²) < 4.78 is 0. The number of allylic oxidation sites excluding steroid dienone is 1. The molecule has 11 heteroatoms. The third-order valence-electron chi connectivity index (χ3n) is 4.64. The Balaban J connectivity index is 2.04. The quantitative estimate of drug-likeness (QED) is 0.165. The zero-order chi connectivity index (χ0) is 22.4. The van der Waals surface area contributed by atoms with Gasteiger partial charge in [0.25, 0.3) is 5.91 Å². The lowest BCUT2D eigenvalue weighted by molar-refractivity contribution is -0.136. The molecule has 3 atom stereocenters. The number of aliphatic carboxylic acids is 1. The number of carbonyl (C=O) groups is 4. The van der Waals surface area contributed by atoms with E-state index in [0.717, 1.165) is 0 Å². The SMILES string of the molecule is C[C@H](NC(=O)c1ccc(Cl)c(N)c1)C(=O)N1CCCC1C(O)N/C(C=O)=C/C(=O)O. The summed E-state index contributed by atoms with van der Waals surface area (Å²) in [6, 6.07) is 2.76. The molecule has 1 aliphatic heterocycles. The first-order chi connectivity index (χ1) is 14.1. The minimum atomic E-state index is -1.36. The number of nitrogen functional groups attached to an aromatic ring is 1. The van der Waals surface area contributed by atoms with Gasteiger partial charge in [-0.05, 0) is 38.0 Å². The van der Waals surface area contributed by atoms with E-state index in [1.165, 1.54) is 30.0 Å². The summed E-state index contributed by atoms with van der Waals surface area (Å²) in [7, 11) is 0. The smallest absolute Gasteiger partial charge is 0.330 e. The van der Waals surface area contributed by atoms with Crippen molar-refractivity contribution in [1.29, 1.82) is 0 Å². The molecule has 0 aromatic heterocycles. The third-order valence-corrected chi connectivity index (χ3v) is 4.99. The van der Waals surface area contributed by atoms with Crippen LogP contribution in [0.1, 0.15) is 30.1 Å². The number of carboxylic acids is 1. The fourth-order valence-corrected chi connectivity index (χ4v) is 3.30. The normalized spacial score (nSPS) is 18.4. The van der Waals surface area contributed by atoms with Crippen LogP contribution in [0.15, 0.2) is 30.0 Å². The number of aliphatic hydroxyl groups excluding tert-OH is 1. The molecule has 0 aliphatic carbocycles. The van der Waals surface area contributed by atoms with Crippen molar-refractivity contribution in [3.05, 3.63) is 40.6 Å². The van der Waals surface area contributed by atoms with Crippen LogP contribution >= 0.6 is 11.6 Å². The fourth-order valence-electron chi connectivity index (χ4n) is 3.18. The van der Waals surface area contributed by atoms with Crippen LogP contribution in [0.3, 0.4) is 0 Å². The van der Waals surface area contributed by atoms with Crippen LogP contribution < -0.4 is 16.4 Å². The standard InChI is InChI=1S/C19H23ClN4O6/c1-10(22-17(28)11-4-5-13(20)14(21)7-11)19(30)24-6-2-3-15(24)18(29)23-12(9-25)8-16(26)27/h4-5,7-10,15,18,23,29H,2-3,6,21H2,1H3,(H,22,28)(H,26,27)/b12-8+/t10-,15?,18?/m0/s1. The van der Waals surface area contributed by atoms with Crippen LogP contribution in [0.4, 0.5) is 5.69 Å². The highest BCUT2D eigenvalue weighted by atomic mass is 35.5. The van der Waals surface area contributed by atoms with Gasteiger partial charge in [-0.3, -0.25) is 14.4 Å². The van der Waals surface area contributed by atoms with Crippen molar-refractivity contribution in [1.82, 2.24) is 15.5 Å². The Morgan fingerprint density at radius 1 is 1.33 bits per heavy atom. The maximum atomic E-state index is 12.8. The predicted molar refractivity (Wildman–Crippen MR) is 108 cm³/mol. The predicted octanol–water partition coefficient (Wildman–Crippen LogP) is 0.107. The Hall–Kier alpha value is -3.11. The molecule has 1 saturated heterocycles. The number of aldehydes is 1. The molecule has 2 unspecified atom stereocenters. The van der Waals surface area contributed by atoms with E-state index >= 15 is 0 Å². The Kier molecular flexibility index (Phi) is 7.79. The summed E-state index contributed by atoms with van der Waals surface area (Å²) in [4.78, 5) is 48.3. The van der Waals surface area contributed by atoms with Gasteiger partial charge in [-0.25, -0.2) is 4.79 Å². The molecule has 1 heterocycles. The molecule has 1 aromatic rings. The summed E-state index contributed by atoms with van der Waals surface area (Å²) in [6.07, 6.45) is 0.568. The van der Waals surface area contributed by atoms with Crippen LogP contribution in [0.25, 0.3) is 0 Å². The second-order valence-corrected chi connectivity index (χ2v) is 7.22. The van der Waals surface area contributed by atoms with Gasteiger partial charge < -0.3 is 31.5 Å². The molecule has 1 aliphatic rings. The van der Waals surface area contributed by atoms with E-state index in [9.17, 15) is 24.3 Å². The lowest BCUT2D eigenvalue weighted by Crippen LogP contribution is -2.54. The first-order valence-corrected chi connectivity index (χ1v) is 9.52. The number of nitrogens with zero attached hydrogens (tertiary/aromatic N) is 1. The maximum Gasteiger partial charge on any atom is 0.330 e. The molecule has 1 aromatic carbocycles. The van der Waals surface area contributed by atoms with Crippen LogP contribution in [-0.2, 0) is 14.4 Å². The van der Waals surface area contributed by atoms with E-state index in [1.807, 2.05) is 0 Å². The lowest BCUT2D eigenvalue weighted by Gasteiger charge is -2.31. The van der Waals surface area contributed by atoms with Crippen molar-refractivity contribution in [2.75, 3.05) is 12.3 Å². The van der Waals surface area contributed by atoms with Gasteiger partial charge in [-0.1, -0.05) is 11.6 Å². The summed E-state index contributed by atoms with van der Waals surface area (Å²) >= 11 is 5.84. The number of rotatable bonds is 8. The zero-order valence-electron chi connectivity index (χ0n) is 16.2. The number of carbonyl (C=O) groups excluding carboxylic acids is 3. The molecule has 10 nitrogen and oxygen atoms in total. The third kappa shape index (κ3) is 5.71. The lowest BCUT2D eigenvalue weighted by atomic mass is 10.1. The average molecular weight is 439 g/mol. The van der Waals surface area contributed by atoms with Crippen molar-refractivity contribution in [3.63, 3.8) is 0 Å². The number of halogens is 1. The molecule has 2 amide bonds. The molecule has 2 rings (SSSR count). The Bertz CT molecular complexity index is 875. The van der Waals surface area contributed by atoms with Gasteiger partial charge in [0.2, 0.25) is 5.91 Å². The zero-order valence-corrected chi connectivity index (χ0v) is 16.9. The number of benzene rings is 1. The largest absolute Gasteiger partial charge is 0.478 e. The monoisotopic (exact) mass is 438 g/mol. The van der Waals surface area contributed by atoms with Crippen LogP contribution in [-0.4, -0.2) is 64.0 Å². The number of amides is 2. The molecule has 0 saturated carbocycles. The van der Waals surface area contributed by atoms with Crippen molar-refractivity contribution >= 4 is 41.4 Å². The van der Waals surface area contributed by atoms with Crippen molar-refractivity contribution in [3.8, 4) is 0 Å². The maximum absolute atomic E-state index is 12.8. The summed E-state index contributed by atoms with van der Waals surface area (Å²) in [5, 5.41) is 24.4. The van der Waals surface area contributed by atoms with E-state index in [1.54, 1.807) is 0 Å². The number of anilines is 1. The molecule has 30 heavy (non-hydrogen) atoms. The van der Waals surface area contributed by atoms with Gasteiger partial charge >= 0.3 is 5.97 Å². The molecular weight excluding hydrogens is 416 g/mol.